The summed E-state index contributed by atoms with van der Waals surface area (Å²) in [6.07, 6.45) is 3.95. The number of rotatable bonds is 4. The SMILES string of the molecule is COC(=O)c1csc(C(O)C2CCC(/C=N/C(=O)OC(C)(C)C)CC2)c1C. The third-order valence-electron chi connectivity index (χ3n) is 4.80. The maximum absolute atomic E-state index is 11.8. The largest absolute Gasteiger partial charge is 0.465 e. The molecule has 1 amide bonds. The van der Waals surface area contributed by atoms with Gasteiger partial charge in [0.05, 0.1) is 18.8 Å². The first-order valence-corrected chi connectivity index (χ1v) is 10.1. The minimum Gasteiger partial charge on any atom is -0.465 e. The van der Waals surface area contributed by atoms with E-state index in [9.17, 15) is 14.7 Å². The van der Waals surface area contributed by atoms with E-state index in [1.165, 1.54) is 18.4 Å². The molecule has 1 N–H and O–H groups in total. The molecule has 0 saturated heterocycles. The van der Waals surface area contributed by atoms with E-state index in [4.69, 9.17) is 9.47 Å². The molecular formula is C20H29NO5S. The molecule has 0 spiro atoms. The van der Waals surface area contributed by atoms with Crippen molar-refractivity contribution in [2.75, 3.05) is 7.11 Å². The summed E-state index contributed by atoms with van der Waals surface area (Å²) in [4.78, 5) is 28.2. The van der Waals surface area contributed by atoms with Crippen LogP contribution in [0.2, 0.25) is 0 Å². The topological polar surface area (TPSA) is 85.2 Å². The van der Waals surface area contributed by atoms with Crippen LogP contribution in [0.1, 0.15) is 73.4 Å². The summed E-state index contributed by atoms with van der Waals surface area (Å²) in [5.41, 5.74) is 0.778. The fourth-order valence-electron chi connectivity index (χ4n) is 3.31. The molecule has 1 aromatic heterocycles. The number of aliphatic hydroxyl groups excluding tert-OH is 1. The van der Waals surface area contributed by atoms with Gasteiger partial charge in [-0.2, -0.15) is 4.99 Å². The number of carbonyl (C=O) groups excluding carboxylic acids is 2. The second-order valence-electron chi connectivity index (χ2n) is 8.01. The zero-order chi connectivity index (χ0) is 20.2. The lowest BCUT2D eigenvalue weighted by Crippen LogP contribution is -2.23. The smallest absolute Gasteiger partial charge is 0.433 e. The molecule has 1 fully saturated rings. The molecule has 1 heterocycles. The normalized spacial score (nSPS) is 21.9. The van der Waals surface area contributed by atoms with Crippen molar-refractivity contribution in [1.29, 1.82) is 0 Å². The molecule has 0 aliphatic heterocycles. The number of amides is 1. The maximum atomic E-state index is 11.8. The maximum Gasteiger partial charge on any atom is 0.433 e. The molecule has 6 nitrogen and oxygen atoms in total. The molecule has 27 heavy (non-hydrogen) atoms. The zero-order valence-electron chi connectivity index (χ0n) is 16.7. The van der Waals surface area contributed by atoms with Crippen molar-refractivity contribution in [3.8, 4) is 0 Å². The predicted octanol–water partition coefficient (Wildman–Crippen LogP) is 4.69. The van der Waals surface area contributed by atoms with Crippen molar-refractivity contribution >= 4 is 29.6 Å². The number of thiophene rings is 1. The summed E-state index contributed by atoms with van der Waals surface area (Å²) in [6, 6.07) is 0. The predicted molar refractivity (Wildman–Crippen MR) is 106 cm³/mol. The summed E-state index contributed by atoms with van der Waals surface area (Å²) in [5.74, 6) is -0.0145. The number of esters is 1. The van der Waals surface area contributed by atoms with Crippen LogP contribution in [0.4, 0.5) is 4.79 Å². The van der Waals surface area contributed by atoms with E-state index >= 15 is 0 Å². The van der Waals surface area contributed by atoms with Crippen LogP contribution in [-0.2, 0) is 9.47 Å². The van der Waals surface area contributed by atoms with E-state index in [0.717, 1.165) is 36.1 Å². The Morgan fingerprint density at radius 2 is 1.93 bits per heavy atom. The van der Waals surface area contributed by atoms with Gasteiger partial charge in [0, 0.05) is 16.5 Å². The van der Waals surface area contributed by atoms with Crippen molar-refractivity contribution in [1.82, 2.24) is 0 Å². The first kappa shape index (κ1) is 21.6. The van der Waals surface area contributed by atoms with Gasteiger partial charge in [-0.3, -0.25) is 0 Å². The van der Waals surface area contributed by atoms with Crippen molar-refractivity contribution in [2.24, 2.45) is 16.8 Å². The Morgan fingerprint density at radius 3 is 2.48 bits per heavy atom. The van der Waals surface area contributed by atoms with Crippen LogP contribution in [0.15, 0.2) is 10.4 Å². The van der Waals surface area contributed by atoms with E-state index in [1.54, 1.807) is 11.6 Å². The van der Waals surface area contributed by atoms with Gasteiger partial charge in [0.2, 0.25) is 0 Å². The van der Waals surface area contributed by atoms with Gasteiger partial charge in [0.1, 0.15) is 5.60 Å². The monoisotopic (exact) mass is 395 g/mol. The van der Waals surface area contributed by atoms with Gasteiger partial charge in [-0.1, -0.05) is 0 Å². The summed E-state index contributed by atoms with van der Waals surface area (Å²) >= 11 is 1.40. The molecule has 0 radical (unpaired) electrons. The molecule has 2 rings (SSSR count). The third kappa shape index (κ3) is 5.87. The first-order chi connectivity index (χ1) is 12.6. The highest BCUT2D eigenvalue weighted by Crippen LogP contribution is 2.40. The molecule has 1 atom stereocenters. The Morgan fingerprint density at radius 1 is 1.30 bits per heavy atom. The molecule has 1 aliphatic carbocycles. The molecular weight excluding hydrogens is 366 g/mol. The number of ether oxygens (including phenoxy) is 2. The lowest BCUT2D eigenvalue weighted by molar-refractivity contribution is 0.0589. The fraction of sp³-hybridized carbons (Fsp3) is 0.650. The Labute approximate surface area is 164 Å². The van der Waals surface area contributed by atoms with Gasteiger partial charge in [-0.25, -0.2) is 9.59 Å². The van der Waals surface area contributed by atoms with Crippen LogP contribution >= 0.6 is 11.3 Å². The quantitative estimate of drug-likeness (QED) is 0.590. The number of hydrogen-bond acceptors (Lipinski definition) is 6. The van der Waals surface area contributed by atoms with Gasteiger partial charge in [0.15, 0.2) is 0 Å². The highest BCUT2D eigenvalue weighted by atomic mass is 32.1. The molecule has 1 saturated carbocycles. The van der Waals surface area contributed by atoms with Gasteiger partial charge in [-0.05, 0) is 70.8 Å². The van der Waals surface area contributed by atoms with Crippen molar-refractivity contribution in [3.63, 3.8) is 0 Å². The number of hydrogen-bond donors (Lipinski definition) is 1. The highest BCUT2D eigenvalue weighted by Gasteiger charge is 2.30. The lowest BCUT2D eigenvalue weighted by Gasteiger charge is -2.30. The molecule has 1 aliphatic rings. The second-order valence-corrected chi connectivity index (χ2v) is 8.92. The number of methoxy groups -OCH3 is 1. The van der Waals surface area contributed by atoms with E-state index < -0.39 is 17.8 Å². The van der Waals surface area contributed by atoms with E-state index in [1.807, 2.05) is 27.7 Å². The van der Waals surface area contributed by atoms with Gasteiger partial charge in [-0.15, -0.1) is 11.3 Å². The molecule has 0 aromatic carbocycles. The van der Waals surface area contributed by atoms with E-state index in [2.05, 4.69) is 4.99 Å². The van der Waals surface area contributed by atoms with E-state index in [0.29, 0.717) is 5.56 Å². The van der Waals surface area contributed by atoms with Gasteiger partial charge in [0.25, 0.3) is 0 Å². The Hall–Kier alpha value is -1.73. The lowest BCUT2D eigenvalue weighted by atomic mass is 9.79. The zero-order valence-corrected chi connectivity index (χ0v) is 17.5. The van der Waals surface area contributed by atoms with Crippen LogP contribution < -0.4 is 0 Å². The molecule has 150 valence electrons. The molecule has 0 bridgehead atoms. The first-order valence-electron chi connectivity index (χ1n) is 9.24. The van der Waals surface area contributed by atoms with Crippen LogP contribution in [-0.4, -0.2) is 36.1 Å². The number of nitrogens with zero attached hydrogens (tertiary/aromatic N) is 1. The number of carbonyl (C=O) groups is 2. The van der Waals surface area contributed by atoms with Crippen LogP contribution in [0, 0.1) is 18.8 Å². The number of aliphatic imine (C=N–C) groups is 1. The van der Waals surface area contributed by atoms with Crippen LogP contribution in [0.25, 0.3) is 0 Å². The average Bonchev–Trinajstić information content (AvgIpc) is 2.99. The van der Waals surface area contributed by atoms with Crippen molar-refractivity contribution in [3.05, 3.63) is 21.4 Å². The standard InChI is InChI=1S/C20H29NO5S/c1-12-15(18(23)25-5)11-27-17(12)16(22)14-8-6-13(7-9-14)10-21-19(24)26-20(2,3)4/h10-11,13-14,16,22H,6-9H2,1-5H3/b21-10+. The molecule has 1 unspecified atom stereocenters. The summed E-state index contributed by atoms with van der Waals surface area (Å²) in [6.45, 7) is 7.28. The van der Waals surface area contributed by atoms with Crippen LogP contribution in [0.3, 0.4) is 0 Å². The van der Waals surface area contributed by atoms with E-state index in [-0.39, 0.29) is 17.8 Å². The van der Waals surface area contributed by atoms with Crippen molar-refractivity contribution in [2.45, 2.75) is 65.1 Å². The minimum absolute atomic E-state index is 0.138. The summed E-state index contributed by atoms with van der Waals surface area (Å²) < 4.78 is 9.96. The Balaban J connectivity index is 1.91. The second kappa shape index (κ2) is 8.97. The average molecular weight is 396 g/mol. The van der Waals surface area contributed by atoms with Gasteiger partial charge < -0.3 is 14.6 Å². The van der Waals surface area contributed by atoms with Gasteiger partial charge >= 0.3 is 12.1 Å². The molecule has 1 aromatic rings. The highest BCUT2D eigenvalue weighted by molar-refractivity contribution is 7.10. The fourth-order valence-corrected chi connectivity index (χ4v) is 4.45. The third-order valence-corrected chi connectivity index (χ3v) is 5.95. The summed E-state index contributed by atoms with van der Waals surface area (Å²) in [7, 11) is 1.36. The molecule has 7 heteroatoms. The summed E-state index contributed by atoms with van der Waals surface area (Å²) in [5, 5.41) is 12.5. The Bertz CT molecular complexity index is 696. The Kier molecular flexibility index (Phi) is 7.17. The minimum atomic E-state index is -0.586. The number of aliphatic hydroxyl groups is 1. The van der Waals surface area contributed by atoms with Crippen LogP contribution in [0.5, 0.6) is 0 Å². The van der Waals surface area contributed by atoms with Crippen molar-refractivity contribution < 1.29 is 24.2 Å².